The molecular formula is C21H21N3O5. The van der Waals surface area contributed by atoms with Crippen LogP contribution >= 0.6 is 0 Å². The van der Waals surface area contributed by atoms with Gasteiger partial charge in [-0.1, -0.05) is 36.4 Å². The average Bonchev–Trinajstić information content (AvgIpc) is 2.77. The van der Waals surface area contributed by atoms with Crippen LogP contribution in [0.5, 0.6) is 0 Å². The summed E-state index contributed by atoms with van der Waals surface area (Å²) in [7, 11) is 1.55. The molecular weight excluding hydrogens is 374 g/mol. The third kappa shape index (κ3) is 4.78. The zero-order valence-corrected chi connectivity index (χ0v) is 16.0. The molecule has 8 nitrogen and oxygen atoms in total. The molecule has 1 N–H and O–H groups in total. The Balaban J connectivity index is 1.57. The van der Waals surface area contributed by atoms with Gasteiger partial charge in [0.2, 0.25) is 0 Å². The number of amides is 1. The molecule has 0 saturated heterocycles. The van der Waals surface area contributed by atoms with Gasteiger partial charge in [0.25, 0.3) is 11.6 Å². The van der Waals surface area contributed by atoms with E-state index in [4.69, 9.17) is 4.74 Å². The summed E-state index contributed by atoms with van der Waals surface area (Å²) in [4.78, 5) is 36.7. The first kappa shape index (κ1) is 20.1. The van der Waals surface area contributed by atoms with E-state index in [9.17, 15) is 19.7 Å². The summed E-state index contributed by atoms with van der Waals surface area (Å²) in [5.74, 6) is -1.08. The highest BCUT2D eigenvalue weighted by molar-refractivity contribution is 5.93. The molecule has 0 atom stereocenters. The molecule has 0 saturated carbocycles. The SMILES string of the molecule is CNc1ccc(C(=O)OCC(=O)N2CC=C(c3ccccc3)CC2)cc1[N+](=O)[O-]. The van der Waals surface area contributed by atoms with Gasteiger partial charge in [-0.15, -0.1) is 0 Å². The highest BCUT2D eigenvalue weighted by Crippen LogP contribution is 2.25. The number of esters is 1. The van der Waals surface area contributed by atoms with Crippen LogP contribution in [-0.2, 0) is 9.53 Å². The lowest BCUT2D eigenvalue weighted by Crippen LogP contribution is -2.37. The topological polar surface area (TPSA) is 102 Å². The summed E-state index contributed by atoms with van der Waals surface area (Å²) < 4.78 is 5.07. The normalized spacial score (nSPS) is 13.4. The number of nitrogens with one attached hydrogen (secondary N) is 1. The minimum atomic E-state index is -0.776. The van der Waals surface area contributed by atoms with Gasteiger partial charge in [-0.3, -0.25) is 14.9 Å². The quantitative estimate of drug-likeness (QED) is 0.458. The van der Waals surface area contributed by atoms with Crippen molar-refractivity contribution in [3.63, 3.8) is 0 Å². The summed E-state index contributed by atoms with van der Waals surface area (Å²) in [6, 6.07) is 13.9. The lowest BCUT2D eigenvalue weighted by Gasteiger charge is -2.26. The van der Waals surface area contributed by atoms with Crippen molar-refractivity contribution in [3.05, 3.63) is 75.8 Å². The molecule has 3 rings (SSSR count). The van der Waals surface area contributed by atoms with Crippen LogP contribution in [0.1, 0.15) is 22.3 Å². The van der Waals surface area contributed by atoms with Gasteiger partial charge >= 0.3 is 5.97 Å². The van der Waals surface area contributed by atoms with Crippen molar-refractivity contribution in [1.82, 2.24) is 4.90 Å². The summed E-state index contributed by atoms with van der Waals surface area (Å²) in [6.07, 6.45) is 2.72. The highest BCUT2D eigenvalue weighted by atomic mass is 16.6. The number of rotatable bonds is 6. The van der Waals surface area contributed by atoms with Crippen LogP contribution in [0.2, 0.25) is 0 Å². The predicted octanol–water partition coefficient (Wildman–Crippen LogP) is 3.11. The van der Waals surface area contributed by atoms with Crippen molar-refractivity contribution >= 4 is 28.8 Å². The van der Waals surface area contributed by atoms with Gasteiger partial charge in [0.1, 0.15) is 5.69 Å². The molecule has 0 spiro atoms. The smallest absolute Gasteiger partial charge is 0.338 e. The molecule has 0 aliphatic carbocycles. The molecule has 8 heteroatoms. The molecule has 2 aromatic rings. The number of hydrogen-bond acceptors (Lipinski definition) is 6. The van der Waals surface area contributed by atoms with Crippen LogP contribution in [0.3, 0.4) is 0 Å². The Hall–Kier alpha value is -3.68. The van der Waals surface area contributed by atoms with E-state index in [0.29, 0.717) is 13.1 Å². The number of nitrogens with zero attached hydrogens (tertiary/aromatic N) is 2. The Bertz CT molecular complexity index is 956. The second-order valence-corrected chi connectivity index (χ2v) is 6.50. The fraction of sp³-hybridized carbons (Fsp3) is 0.238. The maximum atomic E-state index is 12.4. The Morgan fingerprint density at radius 1 is 1.21 bits per heavy atom. The van der Waals surface area contributed by atoms with Gasteiger partial charge in [0.15, 0.2) is 6.61 Å². The van der Waals surface area contributed by atoms with Crippen molar-refractivity contribution in [2.24, 2.45) is 0 Å². The first-order chi connectivity index (χ1) is 14.0. The summed E-state index contributed by atoms with van der Waals surface area (Å²) >= 11 is 0. The Kier molecular flexibility index (Phi) is 6.23. The van der Waals surface area contributed by atoms with E-state index in [1.165, 1.54) is 17.7 Å². The van der Waals surface area contributed by atoms with Crippen molar-refractivity contribution in [3.8, 4) is 0 Å². The Morgan fingerprint density at radius 3 is 2.59 bits per heavy atom. The van der Waals surface area contributed by atoms with Crippen molar-refractivity contribution < 1.29 is 19.2 Å². The monoisotopic (exact) mass is 395 g/mol. The largest absolute Gasteiger partial charge is 0.452 e. The van der Waals surface area contributed by atoms with Gasteiger partial charge in [0.05, 0.1) is 10.5 Å². The first-order valence-electron chi connectivity index (χ1n) is 9.15. The minimum absolute atomic E-state index is 0.0217. The molecule has 1 aliphatic rings. The van der Waals surface area contributed by atoms with Gasteiger partial charge in [-0.05, 0) is 29.7 Å². The second-order valence-electron chi connectivity index (χ2n) is 6.50. The molecule has 1 amide bonds. The maximum absolute atomic E-state index is 12.4. The fourth-order valence-electron chi connectivity index (χ4n) is 3.13. The van der Waals surface area contributed by atoms with Crippen molar-refractivity contribution in [2.45, 2.75) is 6.42 Å². The van der Waals surface area contributed by atoms with E-state index in [1.54, 1.807) is 11.9 Å². The van der Waals surface area contributed by atoms with Crippen molar-refractivity contribution in [2.75, 3.05) is 32.1 Å². The average molecular weight is 395 g/mol. The second kappa shape index (κ2) is 9.01. The summed E-state index contributed by atoms with van der Waals surface area (Å²) in [5, 5.41) is 13.8. The molecule has 150 valence electrons. The molecule has 2 aromatic carbocycles. The fourth-order valence-corrected chi connectivity index (χ4v) is 3.13. The number of carbonyl (C=O) groups excluding carboxylic acids is 2. The van der Waals surface area contributed by atoms with E-state index in [1.807, 2.05) is 36.4 Å². The van der Waals surface area contributed by atoms with Gasteiger partial charge in [-0.25, -0.2) is 4.79 Å². The Labute approximate surface area is 167 Å². The van der Waals surface area contributed by atoms with Gasteiger partial charge in [0, 0.05) is 26.2 Å². The molecule has 0 bridgehead atoms. The standard InChI is InChI=1S/C21H21N3O5/c1-22-18-8-7-17(13-19(18)24(27)28)21(26)29-14-20(25)23-11-9-16(10-12-23)15-5-3-2-4-6-15/h2-9,13,22H,10-12,14H2,1H3. The minimum Gasteiger partial charge on any atom is -0.452 e. The number of benzene rings is 2. The lowest BCUT2D eigenvalue weighted by molar-refractivity contribution is -0.384. The summed E-state index contributed by atoms with van der Waals surface area (Å²) in [6.45, 7) is 0.581. The van der Waals surface area contributed by atoms with E-state index >= 15 is 0 Å². The van der Waals surface area contributed by atoms with E-state index < -0.39 is 17.5 Å². The summed E-state index contributed by atoms with van der Waals surface area (Å²) in [5.41, 5.74) is 2.40. The Morgan fingerprint density at radius 2 is 1.97 bits per heavy atom. The van der Waals surface area contributed by atoms with E-state index in [2.05, 4.69) is 5.32 Å². The highest BCUT2D eigenvalue weighted by Gasteiger charge is 2.21. The molecule has 0 aromatic heterocycles. The van der Waals surface area contributed by atoms with Crippen LogP contribution in [0.4, 0.5) is 11.4 Å². The maximum Gasteiger partial charge on any atom is 0.338 e. The van der Waals surface area contributed by atoms with Crippen LogP contribution in [0, 0.1) is 10.1 Å². The zero-order valence-electron chi connectivity index (χ0n) is 16.0. The van der Waals surface area contributed by atoms with Gasteiger partial charge in [-0.2, -0.15) is 0 Å². The number of ether oxygens (including phenoxy) is 1. The molecule has 0 unspecified atom stereocenters. The van der Waals surface area contributed by atoms with Crippen LogP contribution < -0.4 is 5.32 Å². The first-order valence-corrected chi connectivity index (χ1v) is 9.15. The van der Waals surface area contributed by atoms with Crippen LogP contribution in [-0.4, -0.2) is 48.4 Å². The molecule has 29 heavy (non-hydrogen) atoms. The third-order valence-corrected chi connectivity index (χ3v) is 4.73. The number of nitro benzene ring substituents is 1. The molecule has 0 fully saturated rings. The third-order valence-electron chi connectivity index (χ3n) is 4.73. The molecule has 1 aliphatic heterocycles. The number of carbonyl (C=O) groups is 2. The van der Waals surface area contributed by atoms with E-state index in [-0.39, 0.29) is 22.8 Å². The number of anilines is 1. The van der Waals surface area contributed by atoms with Crippen molar-refractivity contribution in [1.29, 1.82) is 0 Å². The molecule has 1 heterocycles. The van der Waals surface area contributed by atoms with Crippen LogP contribution in [0.15, 0.2) is 54.6 Å². The number of nitro groups is 1. The van der Waals surface area contributed by atoms with E-state index in [0.717, 1.165) is 18.1 Å². The zero-order chi connectivity index (χ0) is 20.8. The number of hydrogen-bond donors (Lipinski definition) is 1. The van der Waals surface area contributed by atoms with Crippen LogP contribution in [0.25, 0.3) is 5.57 Å². The van der Waals surface area contributed by atoms with Gasteiger partial charge < -0.3 is 15.0 Å². The molecule has 0 radical (unpaired) electrons. The lowest BCUT2D eigenvalue weighted by atomic mass is 10.00. The predicted molar refractivity (Wildman–Crippen MR) is 109 cm³/mol.